The van der Waals surface area contributed by atoms with Gasteiger partial charge < -0.3 is 4.74 Å². The Labute approximate surface area is 149 Å². The number of hydrogen-bond acceptors (Lipinski definition) is 3. The number of nitrogens with two attached hydrogens (primary N) is 1. The van der Waals surface area contributed by atoms with Crippen LogP contribution in [0.25, 0.3) is 0 Å². The minimum atomic E-state index is -4.87. The maximum absolute atomic E-state index is 12.6. The summed E-state index contributed by atoms with van der Waals surface area (Å²) >= 11 is 0. The zero-order valence-electron chi connectivity index (χ0n) is 13.9. The second-order valence-electron chi connectivity index (χ2n) is 6.56. The van der Waals surface area contributed by atoms with Gasteiger partial charge in [0.1, 0.15) is 5.75 Å². The molecule has 0 radical (unpaired) electrons. The van der Waals surface area contributed by atoms with E-state index in [2.05, 4.69) is 4.74 Å². The molecule has 1 aliphatic carbocycles. The first-order valence-electron chi connectivity index (χ1n) is 8.03. The largest absolute Gasteiger partial charge is 0.573 e. The summed E-state index contributed by atoms with van der Waals surface area (Å²) in [6.07, 6.45) is -4.01. The molecule has 1 aliphatic rings. The monoisotopic (exact) mass is 385 g/mol. The molecular formula is C18H18F3NO3S. The Balaban J connectivity index is 2.16. The summed E-state index contributed by atoms with van der Waals surface area (Å²) in [5.74, 6) is -0.384. The highest BCUT2D eigenvalue weighted by molar-refractivity contribution is 7.89. The first-order valence-corrected chi connectivity index (χ1v) is 9.58. The van der Waals surface area contributed by atoms with Crippen LogP contribution in [0.1, 0.15) is 30.4 Å². The van der Waals surface area contributed by atoms with Crippen molar-refractivity contribution in [1.29, 1.82) is 0 Å². The molecule has 0 spiro atoms. The molecule has 2 aromatic carbocycles. The third-order valence-electron chi connectivity index (χ3n) is 4.61. The van der Waals surface area contributed by atoms with Gasteiger partial charge in [0.25, 0.3) is 0 Å². The number of primary sulfonamides is 1. The maximum Gasteiger partial charge on any atom is 0.573 e. The fourth-order valence-electron chi connectivity index (χ4n) is 3.36. The van der Waals surface area contributed by atoms with Crippen molar-refractivity contribution in [3.63, 3.8) is 0 Å². The molecule has 4 nitrogen and oxygen atoms in total. The van der Waals surface area contributed by atoms with E-state index in [9.17, 15) is 21.6 Å². The van der Waals surface area contributed by atoms with Crippen molar-refractivity contribution in [3.8, 4) is 5.75 Å². The normalized spacial score (nSPS) is 21.3. The average molecular weight is 385 g/mol. The fraction of sp³-hybridized carbons (Fsp3) is 0.333. The van der Waals surface area contributed by atoms with Crippen LogP contribution < -0.4 is 9.88 Å². The van der Waals surface area contributed by atoms with Crippen LogP contribution in [0.5, 0.6) is 5.75 Å². The molecule has 2 N–H and O–H groups in total. The minimum Gasteiger partial charge on any atom is -0.406 e. The predicted octanol–water partition coefficient (Wildman–Crippen LogP) is 4.02. The van der Waals surface area contributed by atoms with E-state index >= 15 is 0 Å². The molecule has 0 bridgehead atoms. The van der Waals surface area contributed by atoms with E-state index in [0.717, 1.165) is 30.2 Å². The molecule has 0 saturated heterocycles. The summed E-state index contributed by atoms with van der Waals surface area (Å²) in [5, 5.41) is 5.32. The minimum absolute atomic E-state index is 0.124. The third-order valence-corrected chi connectivity index (χ3v) is 5.60. The van der Waals surface area contributed by atoms with Crippen molar-refractivity contribution in [3.05, 3.63) is 59.7 Å². The van der Waals surface area contributed by atoms with Crippen molar-refractivity contribution in [2.24, 2.45) is 17.0 Å². The van der Waals surface area contributed by atoms with Gasteiger partial charge in [0, 0.05) is 5.92 Å². The molecule has 3 atom stereocenters. The van der Waals surface area contributed by atoms with E-state index in [1.165, 1.54) is 0 Å². The van der Waals surface area contributed by atoms with E-state index in [1.807, 2.05) is 37.3 Å². The van der Waals surface area contributed by atoms with Gasteiger partial charge in [-0.2, -0.15) is 0 Å². The highest BCUT2D eigenvalue weighted by atomic mass is 32.2. The van der Waals surface area contributed by atoms with Crippen molar-refractivity contribution in [1.82, 2.24) is 0 Å². The van der Waals surface area contributed by atoms with Gasteiger partial charge in [-0.05, 0) is 47.6 Å². The van der Waals surface area contributed by atoms with Gasteiger partial charge in [-0.25, -0.2) is 13.6 Å². The lowest BCUT2D eigenvalue weighted by molar-refractivity contribution is -0.274. The number of benzene rings is 2. The average Bonchev–Trinajstić information content (AvgIpc) is 3.22. The molecule has 0 heterocycles. The van der Waals surface area contributed by atoms with Gasteiger partial charge in [0.05, 0.1) is 4.90 Å². The molecule has 8 heteroatoms. The molecule has 0 amide bonds. The number of rotatable bonds is 5. The lowest BCUT2D eigenvalue weighted by Crippen LogP contribution is -2.20. The summed E-state index contributed by atoms with van der Waals surface area (Å²) in [4.78, 5) is -0.181. The SMILES string of the molecule is C[C@@H]1C[C@H]1[C@H](c1ccccc1)c1cc(OC(F)(F)F)ccc1S(N)(=O)=O. The summed E-state index contributed by atoms with van der Waals surface area (Å²) in [6.45, 7) is 2.02. The Morgan fingerprint density at radius 1 is 1.15 bits per heavy atom. The van der Waals surface area contributed by atoms with Gasteiger partial charge in [-0.1, -0.05) is 37.3 Å². The van der Waals surface area contributed by atoms with E-state index in [-0.39, 0.29) is 22.3 Å². The van der Waals surface area contributed by atoms with E-state index < -0.39 is 22.1 Å². The van der Waals surface area contributed by atoms with Crippen LogP contribution in [-0.4, -0.2) is 14.8 Å². The van der Waals surface area contributed by atoms with Gasteiger partial charge in [-0.3, -0.25) is 0 Å². The molecule has 26 heavy (non-hydrogen) atoms. The smallest absolute Gasteiger partial charge is 0.406 e. The second-order valence-corrected chi connectivity index (χ2v) is 8.09. The van der Waals surface area contributed by atoms with Crippen LogP contribution in [0.3, 0.4) is 0 Å². The van der Waals surface area contributed by atoms with Crippen molar-refractivity contribution >= 4 is 10.0 Å². The highest BCUT2D eigenvalue weighted by Gasteiger charge is 2.43. The molecule has 0 unspecified atom stereocenters. The van der Waals surface area contributed by atoms with Crippen LogP contribution in [0.4, 0.5) is 13.2 Å². The lowest BCUT2D eigenvalue weighted by Gasteiger charge is -2.22. The van der Waals surface area contributed by atoms with E-state index in [0.29, 0.717) is 5.92 Å². The standard InChI is InChI=1S/C18H18F3NO3S/c1-11-9-14(11)17(12-5-3-2-4-6-12)15-10-13(25-18(19,20)21)7-8-16(15)26(22,23)24/h2-8,10-11,14,17H,9H2,1H3,(H2,22,23,24)/t11-,14-,17+/m1/s1. The van der Waals surface area contributed by atoms with Gasteiger partial charge in [0.2, 0.25) is 10.0 Å². The molecule has 0 aliphatic heterocycles. The zero-order chi connectivity index (χ0) is 19.1. The molecule has 3 rings (SSSR count). The first-order chi connectivity index (χ1) is 12.1. The van der Waals surface area contributed by atoms with E-state index in [1.54, 1.807) is 0 Å². The topological polar surface area (TPSA) is 69.4 Å². The Hall–Kier alpha value is -2.06. The van der Waals surface area contributed by atoms with Crippen molar-refractivity contribution in [2.75, 3.05) is 0 Å². The Morgan fingerprint density at radius 2 is 1.77 bits per heavy atom. The lowest BCUT2D eigenvalue weighted by atomic mass is 9.86. The summed E-state index contributed by atoms with van der Waals surface area (Å²) in [5.41, 5.74) is 1.06. The zero-order valence-corrected chi connectivity index (χ0v) is 14.7. The number of halogens is 3. The molecule has 1 saturated carbocycles. The number of alkyl halides is 3. The van der Waals surface area contributed by atoms with Gasteiger partial charge in [0.15, 0.2) is 0 Å². The van der Waals surface area contributed by atoms with Crippen molar-refractivity contribution < 1.29 is 26.3 Å². The molecule has 0 aromatic heterocycles. The Bertz CT molecular complexity index is 898. The van der Waals surface area contributed by atoms with Crippen molar-refractivity contribution in [2.45, 2.75) is 30.5 Å². The first kappa shape index (κ1) is 18.7. The predicted molar refractivity (Wildman–Crippen MR) is 90.1 cm³/mol. The summed E-state index contributed by atoms with van der Waals surface area (Å²) < 4.78 is 65.8. The van der Waals surface area contributed by atoms with Crippen LogP contribution in [0.15, 0.2) is 53.4 Å². The fourth-order valence-corrected chi connectivity index (χ4v) is 4.13. The second kappa shape index (κ2) is 6.59. The molecule has 140 valence electrons. The number of ether oxygens (including phenoxy) is 1. The van der Waals surface area contributed by atoms with Crippen LogP contribution >= 0.6 is 0 Å². The number of sulfonamides is 1. The third kappa shape index (κ3) is 4.19. The Kier molecular flexibility index (Phi) is 4.74. The molecule has 2 aromatic rings. The highest BCUT2D eigenvalue weighted by Crippen LogP contribution is 2.52. The Morgan fingerprint density at radius 3 is 2.27 bits per heavy atom. The molecular weight excluding hydrogens is 367 g/mol. The summed E-state index contributed by atoms with van der Waals surface area (Å²) in [6, 6.07) is 12.3. The van der Waals surface area contributed by atoms with Gasteiger partial charge in [-0.15, -0.1) is 13.2 Å². The maximum atomic E-state index is 12.6. The van der Waals surface area contributed by atoms with Gasteiger partial charge >= 0.3 is 6.36 Å². The van der Waals surface area contributed by atoms with Crippen LogP contribution in [0, 0.1) is 11.8 Å². The number of hydrogen-bond donors (Lipinski definition) is 1. The van der Waals surface area contributed by atoms with Crippen LogP contribution in [-0.2, 0) is 10.0 Å². The van der Waals surface area contributed by atoms with Crippen LogP contribution in [0.2, 0.25) is 0 Å². The summed E-state index contributed by atoms with van der Waals surface area (Å²) in [7, 11) is -4.11. The molecule has 1 fully saturated rings. The van der Waals surface area contributed by atoms with E-state index in [4.69, 9.17) is 5.14 Å². The quantitative estimate of drug-likeness (QED) is 0.845.